The highest BCUT2D eigenvalue weighted by atomic mass is 35.5. The fraction of sp³-hybridized carbons (Fsp3) is 0.200. The van der Waals surface area contributed by atoms with Gasteiger partial charge in [-0.3, -0.25) is 9.59 Å². The van der Waals surface area contributed by atoms with Crippen LogP contribution in [0.5, 0.6) is 5.75 Å². The van der Waals surface area contributed by atoms with E-state index in [9.17, 15) is 9.59 Å². The van der Waals surface area contributed by atoms with Crippen LogP contribution >= 0.6 is 11.6 Å². The van der Waals surface area contributed by atoms with Gasteiger partial charge in [0.15, 0.2) is 5.78 Å². The minimum atomic E-state index is -0.477. The van der Waals surface area contributed by atoms with Gasteiger partial charge in [0.1, 0.15) is 5.75 Å². The highest BCUT2D eigenvalue weighted by Crippen LogP contribution is 2.23. The summed E-state index contributed by atoms with van der Waals surface area (Å²) in [6.07, 6.45) is 0. The third-order valence-electron chi connectivity index (χ3n) is 1.58. The molecule has 74 valence electrons. The summed E-state index contributed by atoms with van der Waals surface area (Å²) in [5, 5.41) is 0.422. The lowest BCUT2D eigenvalue weighted by molar-refractivity contribution is -0.131. The first-order chi connectivity index (χ1) is 6.50. The van der Waals surface area contributed by atoms with Gasteiger partial charge in [-0.25, -0.2) is 0 Å². The largest absolute Gasteiger partial charge is 0.426 e. The lowest BCUT2D eigenvalue weighted by Gasteiger charge is -2.06. The van der Waals surface area contributed by atoms with E-state index in [1.54, 1.807) is 6.07 Å². The van der Waals surface area contributed by atoms with Gasteiger partial charge in [-0.05, 0) is 19.1 Å². The molecule has 4 heteroatoms. The molecule has 0 radical (unpaired) electrons. The van der Waals surface area contributed by atoms with Gasteiger partial charge in [0.25, 0.3) is 0 Å². The predicted octanol–water partition coefficient (Wildman–Crippen LogP) is 2.47. The van der Waals surface area contributed by atoms with Crippen molar-refractivity contribution in [1.29, 1.82) is 0 Å². The summed E-state index contributed by atoms with van der Waals surface area (Å²) >= 11 is 5.70. The Labute approximate surface area is 86.6 Å². The van der Waals surface area contributed by atoms with Crippen LogP contribution in [0.4, 0.5) is 0 Å². The first-order valence-electron chi connectivity index (χ1n) is 3.99. The first-order valence-corrected chi connectivity index (χ1v) is 4.37. The molecule has 14 heavy (non-hydrogen) atoms. The topological polar surface area (TPSA) is 43.4 Å². The Hall–Kier alpha value is -1.35. The van der Waals surface area contributed by atoms with Crippen molar-refractivity contribution < 1.29 is 14.3 Å². The Morgan fingerprint density at radius 1 is 1.29 bits per heavy atom. The maximum atomic E-state index is 11.1. The van der Waals surface area contributed by atoms with Crippen LogP contribution in [0.3, 0.4) is 0 Å². The van der Waals surface area contributed by atoms with E-state index in [1.807, 2.05) is 0 Å². The van der Waals surface area contributed by atoms with Crippen LogP contribution in [0.15, 0.2) is 18.2 Å². The quantitative estimate of drug-likeness (QED) is 0.430. The van der Waals surface area contributed by atoms with Crippen LogP contribution in [0, 0.1) is 0 Å². The van der Waals surface area contributed by atoms with Crippen molar-refractivity contribution in [3.8, 4) is 5.75 Å². The van der Waals surface area contributed by atoms with Crippen LogP contribution < -0.4 is 4.74 Å². The number of hydrogen-bond donors (Lipinski definition) is 0. The van der Waals surface area contributed by atoms with Gasteiger partial charge in [0.05, 0.1) is 5.56 Å². The zero-order chi connectivity index (χ0) is 10.7. The zero-order valence-corrected chi connectivity index (χ0v) is 8.59. The molecule has 1 aromatic carbocycles. The molecule has 3 nitrogen and oxygen atoms in total. The van der Waals surface area contributed by atoms with Crippen LogP contribution in [0.25, 0.3) is 0 Å². The number of benzene rings is 1. The fourth-order valence-corrected chi connectivity index (χ4v) is 1.19. The van der Waals surface area contributed by atoms with E-state index in [-0.39, 0.29) is 11.5 Å². The van der Waals surface area contributed by atoms with Crippen molar-refractivity contribution in [1.82, 2.24) is 0 Å². The molecule has 0 atom stereocenters. The van der Waals surface area contributed by atoms with E-state index >= 15 is 0 Å². The number of hydrogen-bond acceptors (Lipinski definition) is 3. The highest BCUT2D eigenvalue weighted by molar-refractivity contribution is 6.30. The van der Waals surface area contributed by atoms with Crippen molar-refractivity contribution in [3.05, 3.63) is 28.8 Å². The number of esters is 1. The predicted molar refractivity (Wildman–Crippen MR) is 52.8 cm³/mol. The molecule has 0 aliphatic heterocycles. The van der Waals surface area contributed by atoms with Gasteiger partial charge in [-0.15, -0.1) is 0 Å². The molecule has 0 saturated carbocycles. The number of ether oxygens (including phenoxy) is 1. The first kappa shape index (κ1) is 10.7. The smallest absolute Gasteiger partial charge is 0.308 e. The second-order valence-corrected chi connectivity index (χ2v) is 3.23. The number of ketones is 1. The maximum Gasteiger partial charge on any atom is 0.308 e. The van der Waals surface area contributed by atoms with E-state index in [4.69, 9.17) is 16.3 Å². The van der Waals surface area contributed by atoms with Crippen LogP contribution in [-0.2, 0) is 4.79 Å². The lowest BCUT2D eigenvalue weighted by Crippen LogP contribution is -2.05. The maximum absolute atomic E-state index is 11.1. The van der Waals surface area contributed by atoms with E-state index in [0.29, 0.717) is 10.6 Å². The molecular formula is C10H9ClO3. The molecule has 0 bridgehead atoms. The van der Waals surface area contributed by atoms with E-state index in [1.165, 1.54) is 26.0 Å². The number of Topliss-reactive ketones (excluding diaryl/α,β-unsaturated/α-hetero) is 1. The van der Waals surface area contributed by atoms with Crippen LogP contribution in [0.1, 0.15) is 24.2 Å². The van der Waals surface area contributed by atoms with Gasteiger partial charge in [0, 0.05) is 18.0 Å². The molecule has 0 saturated heterocycles. The Morgan fingerprint density at radius 3 is 2.43 bits per heavy atom. The van der Waals surface area contributed by atoms with Crippen molar-refractivity contribution >= 4 is 23.4 Å². The molecule has 0 amide bonds. The van der Waals surface area contributed by atoms with Gasteiger partial charge >= 0.3 is 5.97 Å². The lowest BCUT2D eigenvalue weighted by atomic mass is 10.1. The standard InChI is InChI=1S/C10H9ClO3/c1-6(12)9-4-3-8(11)5-10(9)14-7(2)13/h3-5H,1-2H3. The van der Waals surface area contributed by atoms with E-state index in [2.05, 4.69) is 0 Å². The average molecular weight is 213 g/mol. The molecule has 0 spiro atoms. The normalized spacial score (nSPS) is 9.64. The summed E-state index contributed by atoms with van der Waals surface area (Å²) in [5.74, 6) is -0.440. The monoisotopic (exact) mass is 212 g/mol. The molecule has 0 aliphatic carbocycles. The SMILES string of the molecule is CC(=O)Oc1cc(Cl)ccc1C(C)=O. The molecule has 1 rings (SSSR count). The Bertz CT molecular complexity index is 385. The molecule has 0 unspecified atom stereocenters. The second kappa shape index (κ2) is 4.24. The third-order valence-corrected chi connectivity index (χ3v) is 1.81. The third kappa shape index (κ3) is 2.57. The van der Waals surface area contributed by atoms with Gasteiger partial charge in [-0.2, -0.15) is 0 Å². The van der Waals surface area contributed by atoms with Crippen molar-refractivity contribution in [2.45, 2.75) is 13.8 Å². The number of carbonyl (C=O) groups excluding carboxylic acids is 2. The summed E-state index contributed by atoms with van der Waals surface area (Å²) in [5.41, 5.74) is 0.351. The summed E-state index contributed by atoms with van der Waals surface area (Å²) < 4.78 is 4.84. The molecule has 0 aliphatic rings. The summed E-state index contributed by atoms with van der Waals surface area (Å²) in [6.45, 7) is 2.67. The fourth-order valence-electron chi connectivity index (χ4n) is 1.03. The Balaban J connectivity index is 3.15. The summed E-state index contributed by atoms with van der Waals surface area (Å²) in [7, 11) is 0. The Kier molecular flexibility index (Phi) is 3.25. The van der Waals surface area contributed by atoms with Crippen molar-refractivity contribution in [2.24, 2.45) is 0 Å². The van der Waals surface area contributed by atoms with E-state index in [0.717, 1.165) is 0 Å². The van der Waals surface area contributed by atoms with Gasteiger partial charge in [-0.1, -0.05) is 11.6 Å². The second-order valence-electron chi connectivity index (χ2n) is 2.79. The van der Waals surface area contributed by atoms with Crippen LogP contribution in [0.2, 0.25) is 5.02 Å². The van der Waals surface area contributed by atoms with E-state index < -0.39 is 5.97 Å². The summed E-state index contributed by atoms with van der Waals surface area (Å²) in [6, 6.07) is 4.55. The number of halogens is 1. The molecular weight excluding hydrogens is 204 g/mol. The number of rotatable bonds is 2. The molecule has 0 fully saturated rings. The molecule has 0 aromatic heterocycles. The molecule has 0 N–H and O–H groups in total. The molecule has 1 aromatic rings. The number of carbonyl (C=O) groups is 2. The minimum Gasteiger partial charge on any atom is -0.426 e. The van der Waals surface area contributed by atoms with Crippen molar-refractivity contribution in [3.63, 3.8) is 0 Å². The average Bonchev–Trinajstić information content (AvgIpc) is 2.01. The highest BCUT2D eigenvalue weighted by Gasteiger charge is 2.10. The van der Waals surface area contributed by atoms with Gasteiger partial charge in [0.2, 0.25) is 0 Å². The summed E-state index contributed by atoms with van der Waals surface area (Å²) in [4.78, 5) is 21.8. The van der Waals surface area contributed by atoms with Crippen molar-refractivity contribution in [2.75, 3.05) is 0 Å². The zero-order valence-electron chi connectivity index (χ0n) is 7.83. The van der Waals surface area contributed by atoms with Gasteiger partial charge < -0.3 is 4.74 Å². The van der Waals surface area contributed by atoms with Crippen LogP contribution in [-0.4, -0.2) is 11.8 Å². The molecule has 0 heterocycles. The minimum absolute atomic E-state index is 0.169. The Morgan fingerprint density at radius 2 is 1.93 bits per heavy atom.